The molecular formula is C10H13N5O4. The van der Waals surface area contributed by atoms with Crippen LogP contribution in [0.15, 0.2) is 12.7 Å². The SMILES string of the molecule is Nc1ncnc2c1ncn2[C@@H]1OC(CO)C(O)[C@H]1O. The molecule has 4 atom stereocenters. The van der Waals surface area contributed by atoms with Crippen molar-refractivity contribution in [3.8, 4) is 0 Å². The quantitative estimate of drug-likeness (QED) is 0.491. The van der Waals surface area contributed by atoms with Crippen molar-refractivity contribution in [2.24, 2.45) is 0 Å². The van der Waals surface area contributed by atoms with Gasteiger partial charge in [0.15, 0.2) is 17.7 Å². The number of aliphatic hydroxyl groups is 3. The Morgan fingerprint density at radius 2 is 2.05 bits per heavy atom. The third kappa shape index (κ3) is 1.75. The Morgan fingerprint density at radius 3 is 2.74 bits per heavy atom. The summed E-state index contributed by atoms with van der Waals surface area (Å²) >= 11 is 0. The van der Waals surface area contributed by atoms with E-state index in [9.17, 15) is 10.2 Å². The van der Waals surface area contributed by atoms with Crippen LogP contribution in [0, 0.1) is 0 Å². The molecule has 3 rings (SSSR count). The Balaban J connectivity index is 2.04. The second-order valence-electron chi connectivity index (χ2n) is 4.31. The number of rotatable bonds is 2. The van der Waals surface area contributed by atoms with Gasteiger partial charge in [-0.15, -0.1) is 0 Å². The summed E-state index contributed by atoms with van der Waals surface area (Å²) in [4.78, 5) is 11.9. The van der Waals surface area contributed by atoms with E-state index in [1.54, 1.807) is 0 Å². The molecule has 19 heavy (non-hydrogen) atoms. The second kappa shape index (κ2) is 4.38. The van der Waals surface area contributed by atoms with Gasteiger partial charge < -0.3 is 25.8 Å². The highest BCUT2D eigenvalue weighted by molar-refractivity contribution is 5.81. The molecule has 1 fully saturated rings. The normalized spacial score (nSPS) is 31.1. The molecule has 1 aliphatic rings. The fourth-order valence-corrected chi connectivity index (χ4v) is 2.17. The van der Waals surface area contributed by atoms with Gasteiger partial charge in [-0.05, 0) is 0 Å². The molecular weight excluding hydrogens is 254 g/mol. The molecule has 0 bridgehead atoms. The van der Waals surface area contributed by atoms with Crippen LogP contribution in [-0.2, 0) is 4.74 Å². The number of aliphatic hydroxyl groups excluding tert-OH is 3. The van der Waals surface area contributed by atoms with E-state index in [0.717, 1.165) is 0 Å². The van der Waals surface area contributed by atoms with Gasteiger partial charge in [-0.1, -0.05) is 0 Å². The molecule has 0 aromatic carbocycles. The molecule has 0 aliphatic carbocycles. The summed E-state index contributed by atoms with van der Waals surface area (Å²) in [5.41, 5.74) is 6.44. The topological polar surface area (TPSA) is 140 Å². The predicted molar refractivity (Wildman–Crippen MR) is 62.7 cm³/mol. The monoisotopic (exact) mass is 267 g/mol. The van der Waals surface area contributed by atoms with Crippen molar-refractivity contribution in [3.63, 3.8) is 0 Å². The predicted octanol–water partition coefficient (Wildman–Crippen LogP) is -1.98. The molecule has 2 aromatic heterocycles. The Hall–Kier alpha value is -1.81. The zero-order valence-electron chi connectivity index (χ0n) is 9.79. The highest BCUT2D eigenvalue weighted by Crippen LogP contribution is 2.31. The van der Waals surface area contributed by atoms with Crippen LogP contribution in [0.5, 0.6) is 0 Å². The minimum absolute atomic E-state index is 0.218. The van der Waals surface area contributed by atoms with Crippen molar-refractivity contribution in [2.45, 2.75) is 24.5 Å². The maximum atomic E-state index is 9.95. The van der Waals surface area contributed by atoms with Crippen molar-refractivity contribution in [3.05, 3.63) is 12.7 Å². The highest BCUT2D eigenvalue weighted by atomic mass is 16.6. The molecule has 5 N–H and O–H groups in total. The fraction of sp³-hybridized carbons (Fsp3) is 0.500. The fourth-order valence-electron chi connectivity index (χ4n) is 2.17. The zero-order valence-corrected chi connectivity index (χ0v) is 9.79. The van der Waals surface area contributed by atoms with E-state index < -0.39 is 31.1 Å². The van der Waals surface area contributed by atoms with Crippen LogP contribution < -0.4 is 5.73 Å². The lowest BCUT2D eigenvalue weighted by molar-refractivity contribution is -0.0511. The average molecular weight is 267 g/mol. The summed E-state index contributed by atoms with van der Waals surface area (Å²) < 4.78 is 6.85. The number of aromatic nitrogens is 4. The van der Waals surface area contributed by atoms with E-state index in [1.165, 1.54) is 17.2 Å². The van der Waals surface area contributed by atoms with Crippen LogP contribution in [0.1, 0.15) is 6.23 Å². The van der Waals surface area contributed by atoms with E-state index in [-0.39, 0.29) is 5.82 Å². The van der Waals surface area contributed by atoms with Crippen molar-refractivity contribution < 1.29 is 20.1 Å². The highest BCUT2D eigenvalue weighted by Gasteiger charge is 2.43. The minimum atomic E-state index is -1.19. The van der Waals surface area contributed by atoms with Crippen molar-refractivity contribution in [2.75, 3.05) is 12.3 Å². The lowest BCUT2D eigenvalue weighted by Crippen LogP contribution is -2.33. The third-order valence-corrected chi connectivity index (χ3v) is 3.18. The lowest BCUT2D eigenvalue weighted by Gasteiger charge is -2.16. The van der Waals surface area contributed by atoms with E-state index in [0.29, 0.717) is 11.2 Å². The van der Waals surface area contributed by atoms with Crippen LogP contribution in [0.3, 0.4) is 0 Å². The Kier molecular flexibility index (Phi) is 2.82. The summed E-state index contributed by atoms with van der Waals surface area (Å²) in [6.07, 6.45) is -1.42. The van der Waals surface area contributed by atoms with Crippen LogP contribution in [0.2, 0.25) is 0 Å². The van der Waals surface area contributed by atoms with Crippen LogP contribution in [0.25, 0.3) is 11.2 Å². The van der Waals surface area contributed by atoms with E-state index in [1.807, 2.05) is 0 Å². The number of imidazole rings is 1. The maximum absolute atomic E-state index is 9.95. The molecule has 0 radical (unpaired) electrons. The Labute approximate surface area is 107 Å². The number of nitrogens with two attached hydrogens (primary N) is 1. The number of nitrogen functional groups attached to an aromatic ring is 1. The molecule has 9 nitrogen and oxygen atoms in total. The van der Waals surface area contributed by atoms with Gasteiger partial charge in [-0.3, -0.25) is 4.57 Å². The Bertz CT molecular complexity index is 603. The number of nitrogens with zero attached hydrogens (tertiary/aromatic N) is 4. The molecule has 9 heteroatoms. The first-order valence-electron chi connectivity index (χ1n) is 5.69. The van der Waals surface area contributed by atoms with Crippen LogP contribution >= 0.6 is 0 Å². The lowest BCUT2D eigenvalue weighted by atomic mass is 10.1. The molecule has 102 valence electrons. The number of ether oxygens (including phenoxy) is 1. The van der Waals surface area contributed by atoms with Crippen molar-refractivity contribution in [1.82, 2.24) is 19.5 Å². The Morgan fingerprint density at radius 1 is 1.26 bits per heavy atom. The number of hydrogen-bond acceptors (Lipinski definition) is 8. The average Bonchev–Trinajstić information content (AvgIpc) is 2.94. The molecule has 1 aliphatic heterocycles. The van der Waals surface area contributed by atoms with Crippen LogP contribution in [-0.4, -0.2) is 59.8 Å². The van der Waals surface area contributed by atoms with E-state index >= 15 is 0 Å². The number of fused-ring (bicyclic) bond motifs is 1. The molecule has 1 saturated heterocycles. The molecule has 0 amide bonds. The van der Waals surface area contributed by atoms with Gasteiger partial charge in [0.05, 0.1) is 12.9 Å². The minimum Gasteiger partial charge on any atom is -0.394 e. The largest absolute Gasteiger partial charge is 0.394 e. The van der Waals surface area contributed by atoms with Gasteiger partial charge in [-0.2, -0.15) is 0 Å². The summed E-state index contributed by atoms with van der Waals surface area (Å²) in [6.45, 7) is -0.390. The number of anilines is 1. The van der Waals surface area contributed by atoms with E-state index in [2.05, 4.69) is 15.0 Å². The molecule has 0 saturated carbocycles. The maximum Gasteiger partial charge on any atom is 0.167 e. The molecule has 2 aromatic rings. The second-order valence-corrected chi connectivity index (χ2v) is 4.31. The third-order valence-electron chi connectivity index (χ3n) is 3.18. The van der Waals surface area contributed by atoms with E-state index in [4.69, 9.17) is 15.6 Å². The summed E-state index contributed by atoms with van der Waals surface area (Å²) in [7, 11) is 0. The van der Waals surface area contributed by atoms with Crippen molar-refractivity contribution in [1.29, 1.82) is 0 Å². The standard InChI is InChI=1S/C10H13N5O4/c11-8-5-9(13-2-12-8)15(3-14-5)10-7(18)6(17)4(1-16)19-10/h2-4,6-7,10,16-18H,1H2,(H2,11,12,13)/t4?,6?,7-,10-/m1/s1. The first-order valence-corrected chi connectivity index (χ1v) is 5.69. The van der Waals surface area contributed by atoms with Gasteiger partial charge in [0.25, 0.3) is 0 Å². The summed E-state index contributed by atoms with van der Waals surface area (Å²) in [5.74, 6) is 0.218. The van der Waals surface area contributed by atoms with Crippen LogP contribution in [0.4, 0.5) is 5.82 Å². The van der Waals surface area contributed by atoms with Gasteiger partial charge in [0, 0.05) is 0 Å². The van der Waals surface area contributed by atoms with Crippen molar-refractivity contribution >= 4 is 17.0 Å². The molecule has 3 heterocycles. The zero-order chi connectivity index (χ0) is 13.6. The number of hydrogen-bond donors (Lipinski definition) is 4. The first-order chi connectivity index (χ1) is 9.13. The molecule has 0 spiro atoms. The summed E-state index contributed by atoms with van der Waals surface area (Å²) in [5, 5.41) is 28.7. The van der Waals surface area contributed by atoms with Gasteiger partial charge in [0.2, 0.25) is 0 Å². The summed E-state index contributed by atoms with van der Waals surface area (Å²) in [6, 6.07) is 0. The smallest absolute Gasteiger partial charge is 0.167 e. The molecule has 2 unspecified atom stereocenters. The van der Waals surface area contributed by atoms with Gasteiger partial charge >= 0.3 is 0 Å². The first kappa shape index (κ1) is 12.2. The van der Waals surface area contributed by atoms with Gasteiger partial charge in [-0.25, -0.2) is 15.0 Å². The van der Waals surface area contributed by atoms with Gasteiger partial charge in [0.1, 0.15) is 30.2 Å².